The fourth-order valence-corrected chi connectivity index (χ4v) is 2.51. The summed E-state index contributed by atoms with van der Waals surface area (Å²) in [6, 6.07) is 2.24. The Bertz CT molecular complexity index is 429. The maximum absolute atomic E-state index is 13.0. The van der Waals surface area contributed by atoms with Crippen LogP contribution in [0.1, 0.15) is 12.5 Å². The summed E-state index contributed by atoms with van der Waals surface area (Å²) in [6.07, 6.45) is 0. The van der Waals surface area contributed by atoms with Crippen LogP contribution in [-0.2, 0) is 10.8 Å². The summed E-state index contributed by atoms with van der Waals surface area (Å²) in [5, 5.41) is 0. The maximum atomic E-state index is 13.0. The standard InChI is InChI=1S/C10H12F3NOS/c1-6-3-7(11)8(14)4-9(6)16(15)5-10(2,12)13/h3-4H,5,14H2,1-2H3. The van der Waals surface area contributed by atoms with Gasteiger partial charge in [-0.1, -0.05) is 0 Å². The molecule has 0 amide bonds. The molecule has 16 heavy (non-hydrogen) atoms. The number of hydrogen-bond acceptors (Lipinski definition) is 2. The molecule has 0 radical (unpaired) electrons. The van der Waals surface area contributed by atoms with Gasteiger partial charge < -0.3 is 5.73 Å². The van der Waals surface area contributed by atoms with Crippen molar-refractivity contribution >= 4 is 16.5 Å². The first-order valence-electron chi connectivity index (χ1n) is 4.52. The lowest BCUT2D eigenvalue weighted by Gasteiger charge is -2.12. The van der Waals surface area contributed by atoms with Crippen molar-refractivity contribution in [3.8, 4) is 0 Å². The van der Waals surface area contributed by atoms with Gasteiger partial charge in [0.25, 0.3) is 5.92 Å². The van der Waals surface area contributed by atoms with Crippen LogP contribution >= 0.6 is 0 Å². The van der Waals surface area contributed by atoms with Gasteiger partial charge in [-0.2, -0.15) is 0 Å². The molecule has 0 aliphatic heterocycles. The van der Waals surface area contributed by atoms with Gasteiger partial charge in [0, 0.05) is 11.8 Å². The quantitative estimate of drug-likeness (QED) is 0.839. The van der Waals surface area contributed by atoms with E-state index in [2.05, 4.69) is 0 Å². The molecule has 2 N–H and O–H groups in total. The number of nitrogen functional groups attached to an aromatic ring is 1. The highest BCUT2D eigenvalue weighted by Crippen LogP contribution is 2.23. The van der Waals surface area contributed by atoms with E-state index in [1.54, 1.807) is 0 Å². The summed E-state index contributed by atoms with van der Waals surface area (Å²) in [7, 11) is -1.88. The number of hydrogen-bond donors (Lipinski definition) is 1. The Labute approximate surface area is 94.1 Å². The largest absolute Gasteiger partial charge is 0.396 e. The fraction of sp³-hybridized carbons (Fsp3) is 0.400. The van der Waals surface area contributed by atoms with Crippen LogP contribution in [0, 0.1) is 12.7 Å². The molecule has 0 aliphatic carbocycles. The average molecular weight is 251 g/mol. The van der Waals surface area contributed by atoms with Gasteiger partial charge in [0.15, 0.2) is 0 Å². The van der Waals surface area contributed by atoms with Crippen LogP contribution in [0.3, 0.4) is 0 Å². The van der Waals surface area contributed by atoms with Crippen molar-refractivity contribution < 1.29 is 17.4 Å². The molecule has 1 aromatic carbocycles. The van der Waals surface area contributed by atoms with Crippen LogP contribution in [-0.4, -0.2) is 15.9 Å². The summed E-state index contributed by atoms with van der Waals surface area (Å²) in [6.45, 7) is 2.19. The van der Waals surface area contributed by atoms with E-state index >= 15 is 0 Å². The lowest BCUT2D eigenvalue weighted by Crippen LogP contribution is -2.20. The van der Waals surface area contributed by atoms with Gasteiger partial charge in [0.1, 0.15) is 5.82 Å². The highest BCUT2D eigenvalue weighted by atomic mass is 32.2. The van der Waals surface area contributed by atoms with Crippen molar-refractivity contribution in [1.82, 2.24) is 0 Å². The number of aryl methyl sites for hydroxylation is 1. The van der Waals surface area contributed by atoms with E-state index in [-0.39, 0.29) is 10.6 Å². The lowest BCUT2D eigenvalue weighted by molar-refractivity contribution is 0.0483. The Morgan fingerprint density at radius 1 is 1.44 bits per heavy atom. The maximum Gasteiger partial charge on any atom is 0.257 e. The third-order valence-corrected chi connectivity index (χ3v) is 3.62. The average Bonchev–Trinajstić information content (AvgIpc) is 2.08. The molecular weight excluding hydrogens is 239 g/mol. The molecule has 1 atom stereocenters. The van der Waals surface area contributed by atoms with Gasteiger partial charge in [-0.15, -0.1) is 0 Å². The van der Waals surface area contributed by atoms with Crippen molar-refractivity contribution in [2.75, 3.05) is 11.5 Å². The van der Waals surface area contributed by atoms with Gasteiger partial charge in [-0.3, -0.25) is 4.21 Å². The molecule has 0 aromatic heterocycles. The number of nitrogens with two attached hydrogens (primary N) is 1. The summed E-state index contributed by atoms with van der Waals surface area (Å²) < 4.78 is 49.9. The molecule has 0 bridgehead atoms. The molecule has 1 aromatic rings. The normalized spacial score (nSPS) is 13.8. The summed E-state index contributed by atoms with van der Waals surface area (Å²) in [4.78, 5) is 0.153. The first kappa shape index (κ1) is 13.0. The van der Waals surface area contributed by atoms with Gasteiger partial charge in [0.05, 0.1) is 22.2 Å². The van der Waals surface area contributed by atoms with E-state index in [9.17, 15) is 17.4 Å². The topological polar surface area (TPSA) is 43.1 Å². The Kier molecular flexibility index (Phi) is 3.62. The zero-order valence-corrected chi connectivity index (χ0v) is 9.71. The first-order chi connectivity index (χ1) is 7.20. The molecule has 0 saturated carbocycles. The number of halogens is 3. The Morgan fingerprint density at radius 3 is 2.50 bits per heavy atom. The Balaban J connectivity index is 3.05. The summed E-state index contributed by atoms with van der Waals surface area (Å²) >= 11 is 0. The van der Waals surface area contributed by atoms with E-state index in [0.29, 0.717) is 12.5 Å². The van der Waals surface area contributed by atoms with Crippen LogP contribution < -0.4 is 5.73 Å². The number of anilines is 1. The van der Waals surface area contributed by atoms with Gasteiger partial charge >= 0.3 is 0 Å². The smallest absolute Gasteiger partial charge is 0.257 e. The molecule has 1 unspecified atom stereocenters. The SMILES string of the molecule is Cc1cc(F)c(N)cc1S(=O)CC(C)(F)F. The third-order valence-electron chi connectivity index (χ3n) is 1.92. The number of rotatable bonds is 3. The van der Waals surface area contributed by atoms with Gasteiger partial charge in [-0.05, 0) is 24.6 Å². The minimum atomic E-state index is -3.03. The zero-order chi connectivity index (χ0) is 12.5. The minimum Gasteiger partial charge on any atom is -0.396 e. The molecule has 90 valence electrons. The molecule has 2 nitrogen and oxygen atoms in total. The van der Waals surface area contributed by atoms with Crippen LogP contribution in [0.25, 0.3) is 0 Å². The molecule has 0 fully saturated rings. The minimum absolute atomic E-state index is 0.153. The molecule has 0 heterocycles. The second kappa shape index (κ2) is 4.45. The predicted molar refractivity (Wildman–Crippen MR) is 57.4 cm³/mol. The van der Waals surface area contributed by atoms with E-state index < -0.39 is 28.3 Å². The Morgan fingerprint density at radius 2 is 2.00 bits per heavy atom. The second-order valence-corrected chi connectivity index (χ2v) is 5.12. The Hall–Kier alpha value is -1.04. The van der Waals surface area contributed by atoms with Crippen LogP contribution in [0.2, 0.25) is 0 Å². The van der Waals surface area contributed by atoms with Crippen molar-refractivity contribution in [3.63, 3.8) is 0 Å². The van der Waals surface area contributed by atoms with Crippen molar-refractivity contribution in [3.05, 3.63) is 23.5 Å². The van der Waals surface area contributed by atoms with Gasteiger partial charge in [0.2, 0.25) is 0 Å². The van der Waals surface area contributed by atoms with Crippen LogP contribution in [0.4, 0.5) is 18.9 Å². The van der Waals surface area contributed by atoms with E-state index in [1.165, 1.54) is 6.92 Å². The molecule has 6 heteroatoms. The van der Waals surface area contributed by atoms with Crippen LogP contribution in [0.15, 0.2) is 17.0 Å². The van der Waals surface area contributed by atoms with E-state index in [0.717, 1.165) is 12.1 Å². The summed E-state index contributed by atoms with van der Waals surface area (Å²) in [5.74, 6) is -4.46. The highest BCUT2D eigenvalue weighted by molar-refractivity contribution is 7.85. The third kappa shape index (κ3) is 3.23. The predicted octanol–water partition coefficient (Wildman–Crippen LogP) is 2.48. The molecule has 0 spiro atoms. The van der Waals surface area contributed by atoms with Crippen molar-refractivity contribution in [2.45, 2.75) is 24.7 Å². The highest BCUT2D eigenvalue weighted by Gasteiger charge is 2.26. The number of alkyl halides is 2. The zero-order valence-electron chi connectivity index (χ0n) is 8.89. The molecule has 0 saturated heterocycles. The van der Waals surface area contributed by atoms with Crippen molar-refractivity contribution in [1.29, 1.82) is 0 Å². The summed E-state index contributed by atoms with van der Waals surface area (Å²) in [5.41, 5.74) is 5.46. The second-order valence-electron chi connectivity index (χ2n) is 3.70. The lowest BCUT2D eigenvalue weighted by atomic mass is 10.2. The fourth-order valence-electron chi connectivity index (χ4n) is 1.22. The van der Waals surface area contributed by atoms with E-state index in [4.69, 9.17) is 5.73 Å². The van der Waals surface area contributed by atoms with Crippen molar-refractivity contribution in [2.24, 2.45) is 0 Å². The first-order valence-corrected chi connectivity index (χ1v) is 5.84. The molecular formula is C10H12F3NOS. The van der Waals surface area contributed by atoms with E-state index in [1.807, 2.05) is 0 Å². The molecule has 0 aliphatic rings. The van der Waals surface area contributed by atoms with Gasteiger partial charge in [-0.25, -0.2) is 13.2 Å². The monoisotopic (exact) mass is 251 g/mol. The molecule has 1 rings (SSSR count). The number of benzene rings is 1. The van der Waals surface area contributed by atoms with Crippen LogP contribution in [0.5, 0.6) is 0 Å².